The lowest BCUT2D eigenvalue weighted by molar-refractivity contribution is -0.384. The van der Waals surface area contributed by atoms with E-state index in [1.54, 1.807) is 30.0 Å². The Kier molecular flexibility index (Phi) is 4.94. The van der Waals surface area contributed by atoms with Crippen LogP contribution >= 0.6 is 11.8 Å². The first-order valence-corrected chi connectivity index (χ1v) is 9.61. The van der Waals surface area contributed by atoms with Crippen molar-refractivity contribution in [2.75, 3.05) is 11.1 Å². The molecule has 0 spiro atoms. The molecular weight excluding hydrogens is 376 g/mol. The number of hydrogen-bond donors (Lipinski definition) is 1. The van der Waals surface area contributed by atoms with Crippen molar-refractivity contribution in [1.82, 2.24) is 9.55 Å². The predicted molar refractivity (Wildman–Crippen MR) is 109 cm³/mol. The minimum Gasteiger partial charge on any atom is -0.325 e. The van der Waals surface area contributed by atoms with Crippen LogP contribution in [0, 0.1) is 10.1 Å². The van der Waals surface area contributed by atoms with E-state index < -0.39 is 4.92 Å². The summed E-state index contributed by atoms with van der Waals surface area (Å²) >= 11 is 1.72. The van der Waals surface area contributed by atoms with Crippen molar-refractivity contribution in [1.29, 1.82) is 0 Å². The van der Waals surface area contributed by atoms with Gasteiger partial charge in [0.05, 0.1) is 16.3 Å². The summed E-state index contributed by atoms with van der Waals surface area (Å²) in [5.41, 5.74) is 3.10. The lowest BCUT2D eigenvalue weighted by atomic mass is 10.1. The van der Waals surface area contributed by atoms with Crippen molar-refractivity contribution in [3.63, 3.8) is 0 Å². The summed E-state index contributed by atoms with van der Waals surface area (Å²) in [5, 5.41) is 14.6. The molecule has 7 nitrogen and oxygen atoms in total. The molecule has 2 heterocycles. The fourth-order valence-electron chi connectivity index (χ4n) is 2.91. The summed E-state index contributed by atoms with van der Waals surface area (Å²) in [6, 6.07) is 13.5. The highest BCUT2D eigenvalue weighted by atomic mass is 32.2. The number of rotatable bonds is 5. The zero-order valence-corrected chi connectivity index (χ0v) is 15.6. The zero-order valence-electron chi connectivity index (χ0n) is 14.7. The monoisotopic (exact) mass is 392 g/mol. The summed E-state index contributed by atoms with van der Waals surface area (Å²) in [6.45, 7) is 0.944. The lowest BCUT2D eigenvalue weighted by Gasteiger charge is -2.08. The molecule has 0 fully saturated rings. The standard InChI is InChI=1S/C20H16N4O3S/c25-19(10-7-14-5-8-15(9-6-14)24(26)27)21-17-4-2-1-3-16(17)18-13-23-11-12-28-20(23)22-18/h1-10,13H,11-12H2,(H,21,25)/b10-7+. The predicted octanol–water partition coefficient (Wildman–Crippen LogP) is 4.22. The molecule has 28 heavy (non-hydrogen) atoms. The highest BCUT2D eigenvalue weighted by molar-refractivity contribution is 7.99. The smallest absolute Gasteiger partial charge is 0.269 e. The van der Waals surface area contributed by atoms with E-state index >= 15 is 0 Å². The molecule has 4 rings (SSSR count). The van der Waals surface area contributed by atoms with E-state index in [-0.39, 0.29) is 11.6 Å². The normalized spacial score (nSPS) is 12.9. The minimum atomic E-state index is -0.457. The summed E-state index contributed by atoms with van der Waals surface area (Å²) in [6.07, 6.45) is 5.03. The molecule has 0 atom stereocenters. The summed E-state index contributed by atoms with van der Waals surface area (Å²) in [5.74, 6) is 0.751. The molecule has 8 heteroatoms. The van der Waals surface area contributed by atoms with Gasteiger partial charge in [0.2, 0.25) is 5.91 Å². The Hall–Kier alpha value is -3.39. The molecule has 1 amide bonds. The van der Waals surface area contributed by atoms with Crippen molar-refractivity contribution in [2.45, 2.75) is 11.7 Å². The van der Waals surface area contributed by atoms with Crippen LogP contribution in [0.1, 0.15) is 5.56 Å². The quantitative estimate of drug-likeness (QED) is 0.399. The first-order chi connectivity index (χ1) is 13.6. The van der Waals surface area contributed by atoms with E-state index in [9.17, 15) is 14.9 Å². The topological polar surface area (TPSA) is 90.1 Å². The van der Waals surface area contributed by atoms with Gasteiger partial charge in [0.1, 0.15) is 0 Å². The second-order valence-electron chi connectivity index (χ2n) is 6.17. The van der Waals surface area contributed by atoms with Gasteiger partial charge in [-0.1, -0.05) is 30.0 Å². The van der Waals surface area contributed by atoms with E-state index in [1.165, 1.54) is 18.2 Å². The van der Waals surface area contributed by atoms with Gasteiger partial charge in [0.25, 0.3) is 5.69 Å². The second-order valence-corrected chi connectivity index (χ2v) is 7.23. The van der Waals surface area contributed by atoms with E-state index in [0.717, 1.165) is 28.7 Å². The average molecular weight is 392 g/mol. The van der Waals surface area contributed by atoms with Crippen molar-refractivity contribution in [2.24, 2.45) is 0 Å². The maximum atomic E-state index is 12.3. The number of anilines is 1. The van der Waals surface area contributed by atoms with E-state index in [2.05, 4.69) is 14.9 Å². The number of amides is 1. The number of aromatic nitrogens is 2. The number of non-ortho nitro benzene ring substituents is 1. The van der Waals surface area contributed by atoms with Gasteiger partial charge >= 0.3 is 0 Å². The number of thioether (sulfide) groups is 1. The molecule has 2 aromatic carbocycles. The van der Waals surface area contributed by atoms with Crippen LogP contribution < -0.4 is 5.32 Å². The molecule has 1 aromatic heterocycles. The molecule has 140 valence electrons. The van der Waals surface area contributed by atoms with Crippen LogP contribution in [0.4, 0.5) is 11.4 Å². The first-order valence-electron chi connectivity index (χ1n) is 8.63. The van der Waals surface area contributed by atoms with Crippen LogP contribution in [0.25, 0.3) is 17.3 Å². The Morgan fingerprint density at radius 1 is 1.21 bits per heavy atom. The van der Waals surface area contributed by atoms with Crippen LogP contribution in [0.2, 0.25) is 0 Å². The number of carbonyl (C=O) groups is 1. The molecule has 0 unspecified atom stereocenters. The molecular formula is C20H16N4O3S. The van der Waals surface area contributed by atoms with Crippen molar-refractivity contribution >= 4 is 35.1 Å². The first kappa shape index (κ1) is 18.0. The van der Waals surface area contributed by atoms with E-state index in [4.69, 9.17) is 0 Å². The maximum Gasteiger partial charge on any atom is 0.269 e. The van der Waals surface area contributed by atoms with Gasteiger partial charge in [-0.25, -0.2) is 4.98 Å². The number of para-hydroxylation sites is 1. The Morgan fingerprint density at radius 3 is 2.75 bits per heavy atom. The summed E-state index contributed by atoms with van der Waals surface area (Å²) in [7, 11) is 0. The Bertz CT molecular complexity index is 1050. The van der Waals surface area contributed by atoms with Crippen LogP contribution in [0.15, 0.2) is 66.0 Å². The number of fused-ring (bicyclic) bond motifs is 1. The Balaban J connectivity index is 1.49. The van der Waals surface area contributed by atoms with Gasteiger partial charge in [-0.3, -0.25) is 14.9 Å². The number of nitro groups is 1. The Labute approximate surface area is 165 Å². The lowest BCUT2D eigenvalue weighted by Crippen LogP contribution is -2.08. The van der Waals surface area contributed by atoms with Crippen LogP contribution in [-0.2, 0) is 11.3 Å². The second kappa shape index (κ2) is 7.69. The van der Waals surface area contributed by atoms with E-state index in [0.29, 0.717) is 11.3 Å². The fraction of sp³-hybridized carbons (Fsp3) is 0.100. The molecule has 0 bridgehead atoms. The van der Waals surface area contributed by atoms with Gasteiger partial charge in [0, 0.05) is 42.3 Å². The summed E-state index contributed by atoms with van der Waals surface area (Å²) < 4.78 is 2.12. The number of nitrogens with zero attached hydrogens (tertiary/aromatic N) is 3. The Morgan fingerprint density at radius 2 is 2.00 bits per heavy atom. The largest absolute Gasteiger partial charge is 0.325 e. The number of nitrogens with one attached hydrogen (secondary N) is 1. The molecule has 1 aliphatic rings. The van der Waals surface area contributed by atoms with Gasteiger partial charge in [-0.05, 0) is 29.8 Å². The number of hydrogen-bond acceptors (Lipinski definition) is 5. The van der Waals surface area contributed by atoms with Gasteiger partial charge in [0.15, 0.2) is 5.16 Å². The third kappa shape index (κ3) is 3.81. The average Bonchev–Trinajstić information content (AvgIpc) is 3.29. The molecule has 3 aromatic rings. The minimum absolute atomic E-state index is 0.0145. The zero-order chi connectivity index (χ0) is 19.5. The maximum absolute atomic E-state index is 12.3. The highest BCUT2D eigenvalue weighted by Crippen LogP contribution is 2.32. The molecule has 0 saturated carbocycles. The SMILES string of the molecule is O=C(/C=C/c1ccc([N+](=O)[O-])cc1)Nc1ccccc1-c1cn2c(n1)SCC2. The number of benzene rings is 2. The molecule has 0 saturated heterocycles. The number of carbonyl (C=O) groups excluding carboxylic acids is 1. The third-order valence-electron chi connectivity index (χ3n) is 4.30. The van der Waals surface area contributed by atoms with E-state index in [1.807, 2.05) is 30.5 Å². The summed E-state index contributed by atoms with van der Waals surface area (Å²) in [4.78, 5) is 27.2. The van der Waals surface area contributed by atoms with Crippen molar-refractivity contribution < 1.29 is 9.72 Å². The number of imidazole rings is 1. The van der Waals surface area contributed by atoms with Gasteiger partial charge < -0.3 is 9.88 Å². The number of aryl methyl sites for hydroxylation is 1. The van der Waals surface area contributed by atoms with Gasteiger partial charge in [-0.2, -0.15) is 0 Å². The molecule has 1 aliphatic heterocycles. The highest BCUT2D eigenvalue weighted by Gasteiger charge is 2.17. The third-order valence-corrected chi connectivity index (χ3v) is 5.27. The van der Waals surface area contributed by atoms with Crippen LogP contribution in [0.5, 0.6) is 0 Å². The fourth-order valence-corrected chi connectivity index (χ4v) is 3.85. The molecule has 1 N–H and O–H groups in total. The van der Waals surface area contributed by atoms with Gasteiger partial charge in [-0.15, -0.1) is 0 Å². The number of nitro benzene ring substituents is 1. The van der Waals surface area contributed by atoms with Crippen LogP contribution in [-0.4, -0.2) is 26.1 Å². The van der Waals surface area contributed by atoms with Crippen molar-refractivity contribution in [3.8, 4) is 11.3 Å². The molecule has 0 radical (unpaired) electrons. The van der Waals surface area contributed by atoms with Crippen LogP contribution in [0.3, 0.4) is 0 Å². The molecule has 0 aliphatic carbocycles. The van der Waals surface area contributed by atoms with Crippen molar-refractivity contribution in [3.05, 3.63) is 76.5 Å².